The highest BCUT2D eigenvalue weighted by Gasteiger charge is 2.10. The molecule has 1 aliphatic rings. The van der Waals surface area contributed by atoms with Crippen LogP contribution in [0, 0.1) is 0 Å². The third-order valence-corrected chi connectivity index (χ3v) is 3.80. The maximum absolute atomic E-state index is 12.0. The first-order valence-electron chi connectivity index (χ1n) is 8.10. The van der Waals surface area contributed by atoms with E-state index >= 15 is 0 Å². The molecular weight excluding hydrogens is 324 g/mol. The largest absolute Gasteiger partial charge is 0.492 e. The standard InChI is InChI=1S/C17H20N4O4/c22-16-12-18-15(11-19-16)17(23)20-13-1-3-14(4-2-13)25-10-7-21-5-8-24-9-6-21/h1-4,11-12H,5-10H2,(H,19,22)(H,20,23). The van der Waals surface area contributed by atoms with E-state index in [0.717, 1.165) is 44.8 Å². The van der Waals surface area contributed by atoms with Gasteiger partial charge in [-0.15, -0.1) is 0 Å². The second kappa shape index (κ2) is 8.41. The Balaban J connectivity index is 1.47. The molecule has 0 unspecified atom stereocenters. The van der Waals surface area contributed by atoms with Gasteiger partial charge < -0.3 is 19.8 Å². The van der Waals surface area contributed by atoms with Crippen molar-refractivity contribution in [3.63, 3.8) is 0 Å². The van der Waals surface area contributed by atoms with Gasteiger partial charge in [0, 0.05) is 31.5 Å². The first-order chi connectivity index (χ1) is 12.2. The summed E-state index contributed by atoms with van der Waals surface area (Å²) in [6.07, 6.45) is 2.35. The van der Waals surface area contributed by atoms with Crippen LogP contribution >= 0.6 is 0 Å². The molecule has 1 saturated heterocycles. The number of morpholine rings is 1. The molecule has 8 nitrogen and oxygen atoms in total. The van der Waals surface area contributed by atoms with Gasteiger partial charge in [0.15, 0.2) is 0 Å². The van der Waals surface area contributed by atoms with Crippen LogP contribution < -0.4 is 15.6 Å². The number of carbonyl (C=O) groups is 1. The van der Waals surface area contributed by atoms with E-state index in [4.69, 9.17) is 9.47 Å². The molecular formula is C17H20N4O4. The highest BCUT2D eigenvalue weighted by molar-refractivity contribution is 6.02. The van der Waals surface area contributed by atoms with E-state index in [1.54, 1.807) is 24.3 Å². The minimum Gasteiger partial charge on any atom is -0.492 e. The van der Waals surface area contributed by atoms with Crippen LogP contribution in [0.2, 0.25) is 0 Å². The number of aromatic amines is 1. The van der Waals surface area contributed by atoms with Crippen LogP contribution in [0.15, 0.2) is 41.5 Å². The van der Waals surface area contributed by atoms with Crippen LogP contribution in [0.3, 0.4) is 0 Å². The van der Waals surface area contributed by atoms with Gasteiger partial charge >= 0.3 is 0 Å². The molecule has 0 saturated carbocycles. The molecule has 0 atom stereocenters. The van der Waals surface area contributed by atoms with Crippen molar-refractivity contribution in [2.45, 2.75) is 0 Å². The average Bonchev–Trinajstić information content (AvgIpc) is 2.64. The quantitative estimate of drug-likeness (QED) is 0.802. The van der Waals surface area contributed by atoms with E-state index in [0.29, 0.717) is 12.3 Å². The second-order valence-corrected chi connectivity index (χ2v) is 5.58. The molecule has 1 aromatic heterocycles. The van der Waals surface area contributed by atoms with Gasteiger partial charge in [0.05, 0.1) is 19.4 Å². The Kier molecular flexibility index (Phi) is 5.76. The summed E-state index contributed by atoms with van der Waals surface area (Å²) < 4.78 is 11.0. The summed E-state index contributed by atoms with van der Waals surface area (Å²) in [7, 11) is 0. The molecule has 1 fully saturated rings. The normalized spacial score (nSPS) is 14.9. The van der Waals surface area contributed by atoms with Crippen molar-refractivity contribution in [2.75, 3.05) is 44.8 Å². The van der Waals surface area contributed by atoms with Crippen LogP contribution in [0.4, 0.5) is 5.69 Å². The number of benzene rings is 1. The number of hydrogen-bond acceptors (Lipinski definition) is 6. The molecule has 2 aromatic rings. The molecule has 25 heavy (non-hydrogen) atoms. The van der Waals surface area contributed by atoms with Crippen LogP contribution in [-0.4, -0.2) is 60.2 Å². The van der Waals surface area contributed by atoms with Crippen molar-refractivity contribution in [3.8, 4) is 5.75 Å². The Hall–Kier alpha value is -2.71. The van der Waals surface area contributed by atoms with Gasteiger partial charge in [0.2, 0.25) is 0 Å². The zero-order valence-corrected chi connectivity index (χ0v) is 13.7. The van der Waals surface area contributed by atoms with Crippen LogP contribution in [-0.2, 0) is 4.74 Å². The first-order valence-corrected chi connectivity index (χ1v) is 8.10. The molecule has 1 aromatic carbocycles. The van der Waals surface area contributed by atoms with Crippen molar-refractivity contribution < 1.29 is 14.3 Å². The zero-order chi connectivity index (χ0) is 17.5. The number of H-pyrrole nitrogens is 1. The number of ether oxygens (including phenoxy) is 2. The fourth-order valence-electron chi connectivity index (χ4n) is 2.41. The van der Waals surface area contributed by atoms with Crippen molar-refractivity contribution >= 4 is 11.6 Å². The molecule has 0 spiro atoms. The SMILES string of the molecule is O=C(Nc1ccc(OCCN2CCOCC2)cc1)c1c[nH]c(=O)cn1. The molecule has 2 N–H and O–H groups in total. The first kappa shape index (κ1) is 17.1. The fourth-order valence-corrected chi connectivity index (χ4v) is 2.41. The predicted molar refractivity (Wildman–Crippen MR) is 92.0 cm³/mol. The number of nitrogens with one attached hydrogen (secondary N) is 2. The minimum atomic E-state index is -0.391. The summed E-state index contributed by atoms with van der Waals surface area (Å²) in [5.41, 5.74) is 0.416. The summed E-state index contributed by atoms with van der Waals surface area (Å²) in [4.78, 5) is 31.5. The topological polar surface area (TPSA) is 96.5 Å². The van der Waals surface area contributed by atoms with E-state index in [2.05, 4.69) is 20.2 Å². The molecule has 0 bridgehead atoms. The van der Waals surface area contributed by atoms with Gasteiger partial charge in [-0.3, -0.25) is 14.5 Å². The second-order valence-electron chi connectivity index (χ2n) is 5.58. The van der Waals surface area contributed by atoms with Crippen molar-refractivity contribution in [1.82, 2.24) is 14.9 Å². The molecule has 1 aliphatic heterocycles. The van der Waals surface area contributed by atoms with E-state index in [9.17, 15) is 9.59 Å². The van der Waals surface area contributed by atoms with Gasteiger partial charge in [-0.1, -0.05) is 0 Å². The summed E-state index contributed by atoms with van der Waals surface area (Å²) in [6.45, 7) is 4.89. The monoisotopic (exact) mass is 344 g/mol. The van der Waals surface area contributed by atoms with Gasteiger partial charge in [0.1, 0.15) is 18.1 Å². The number of carbonyl (C=O) groups excluding carboxylic acids is 1. The lowest BCUT2D eigenvalue weighted by atomic mass is 10.3. The fraction of sp³-hybridized carbons (Fsp3) is 0.353. The molecule has 8 heteroatoms. The van der Waals surface area contributed by atoms with Gasteiger partial charge in [-0.25, -0.2) is 4.98 Å². The molecule has 132 valence electrons. The van der Waals surface area contributed by atoms with Gasteiger partial charge in [0.25, 0.3) is 11.5 Å². The molecule has 2 heterocycles. The Morgan fingerprint density at radius 1 is 1.28 bits per heavy atom. The number of anilines is 1. The molecule has 1 amide bonds. The number of rotatable bonds is 6. The number of aromatic nitrogens is 2. The lowest BCUT2D eigenvalue weighted by Crippen LogP contribution is -2.38. The Labute approximate surface area is 144 Å². The molecule has 0 aliphatic carbocycles. The maximum Gasteiger partial charge on any atom is 0.275 e. The van der Waals surface area contributed by atoms with Gasteiger partial charge in [-0.2, -0.15) is 0 Å². The molecule has 0 radical (unpaired) electrons. The minimum absolute atomic E-state index is 0.144. The Morgan fingerprint density at radius 3 is 2.72 bits per heavy atom. The van der Waals surface area contributed by atoms with Crippen LogP contribution in [0.5, 0.6) is 5.75 Å². The van der Waals surface area contributed by atoms with Gasteiger partial charge in [-0.05, 0) is 24.3 Å². The summed E-state index contributed by atoms with van der Waals surface area (Å²) >= 11 is 0. The molecule has 3 rings (SSSR count). The summed E-state index contributed by atoms with van der Waals surface area (Å²) in [5, 5.41) is 2.71. The number of hydrogen-bond donors (Lipinski definition) is 2. The lowest BCUT2D eigenvalue weighted by Gasteiger charge is -2.26. The van der Waals surface area contributed by atoms with E-state index in [1.807, 2.05) is 0 Å². The zero-order valence-electron chi connectivity index (χ0n) is 13.7. The van der Waals surface area contributed by atoms with Crippen molar-refractivity contribution in [3.05, 3.63) is 52.7 Å². The lowest BCUT2D eigenvalue weighted by molar-refractivity contribution is 0.0322. The summed E-state index contributed by atoms with van der Waals surface area (Å²) in [5.74, 6) is 0.352. The summed E-state index contributed by atoms with van der Waals surface area (Å²) in [6, 6.07) is 7.12. The van der Waals surface area contributed by atoms with Crippen LogP contribution in [0.25, 0.3) is 0 Å². The Morgan fingerprint density at radius 2 is 2.04 bits per heavy atom. The smallest absolute Gasteiger partial charge is 0.275 e. The van der Waals surface area contributed by atoms with E-state index in [-0.39, 0.29) is 11.3 Å². The van der Waals surface area contributed by atoms with Crippen molar-refractivity contribution in [1.29, 1.82) is 0 Å². The number of amides is 1. The van der Waals surface area contributed by atoms with E-state index in [1.165, 1.54) is 6.20 Å². The number of nitrogens with zero attached hydrogens (tertiary/aromatic N) is 2. The maximum atomic E-state index is 12.0. The Bertz CT molecular complexity index is 733. The van der Waals surface area contributed by atoms with Crippen LogP contribution in [0.1, 0.15) is 10.5 Å². The van der Waals surface area contributed by atoms with E-state index < -0.39 is 5.91 Å². The third kappa shape index (κ3) is 5.13. The van der Waals surface area contributed by atoms with Crippen molar-refractivity contribution in [2.24, 2.45) is 0 Å². The highest BCUT2D eigenvalue weighted by atomic mass is 16.5. The third-order valence-electron chi connectivity index (χ3n) is 3.80. The average molecular weight is 344 g/mol. The highest BCUT2D eigenvalue weighted by Crippen LogP contribution is 2.16. The predicted octanol–water partition coefficient (Wildman–Crippen LogP) is 0.733.